The summed E-state index contributed by atoms with van der Waals surface area (Å²) in [5.41, 5.74) is -1.02. The van der Waals surface area contributed by atoms with Crippen LogP contribution in [0.2, 0.25) is 0 Å². The SMILES string of the molecule is CC(C)(C)NC(=O)N[C@H](C(=O)N1C[C@H]2[C@@H](C1C(=O)O)C2(C)C)C(C)(C)C. The predicted molar refractivity (Wildman–Crippen MR) is 98.6 cm³/mol. The fraction of sp³-hybridized carbons (Fsp3) is 0.842. The Hall–Kier alpha value is -1.79. The Morgan fingerprint density at radius 1 is 1.12 bits per heavy atom. The third-order valence-electron chi connectivity index (χ3n) is 5.62. The first kappa shape index (κ1) is 20.5. The minimum atomic E-state index is -0.969. The van der Waals surface area contributed by atoms with Crippen LogP contribution >= 0.6 is 0 Å². The van der Waals surface area contributed by atoms with Crippen molar-refractivity contribution in [1.29, 1.82) is 0 Å². The Balaban J connectivity index is 2.20. The van der Waals surface area contributed by atoms with Crippen LogP contribution in [-0.4, -0.2) is 52.1 Å². The Labute approximate surface area is 155 Å². The van der Waals surface area contributed by atoms with E-state index in [0.29, 0.717) is 6.54 Å². The van der Waals surface area contributed by atoms with Crippen LogP contribution < -0.4 is 10.6 Å². The second kappa shape index (κ2) is 6.13. The number of aliphatic carboxylic acids is 1. The molecule has 0 aromatic carbocycles. The monoisotopic (exact) mass is 367 g/mol. The molecule has 148 valence electrons. The zero-order valence-corrected chi connectivity index (χ0v) is 17.1. The molecule has 7 heteroatoms. The van der Waals surface area contributed by atoms with Crippen LogP contribution in [0.5, 0.6) is 0 Å². The van der Waals surface area contributed by atoms with Crippen molar-refractivity contribution in [3.05, 3.63) is 0 Å². The van der Waals surface area contributed by atoms with E-state index in [9.17, 15) is 19.5 Å². The summed E-state index contributed by atoms with van der Waals surface area (Å²) in [6.45, 7) is 15.7. The standard InChI is InChI=1S/C19H33N3O4/c1-17(2,3)13(20-16(26)21-18(4,5)6)14(23)22-9-10-11(19(10,7)8)12(22)15(24)25/h10-13H,9H2,1-8H3,(H,24,25)(H2,20,21,26)/t10-,11-,12?,13+/m0/s1. The summed E-state index contributed by atoms with van der Waals surface area (Å²) in [5.74, 6) is -1.11. The van der Waals surface area contributed by atoms with Crippen molar-refractivity contribution in [2.24, 2.45) is 22.7 Å². The number of urea groups is 1. The Morgan fingerprint density at radius 2 is 1.65 bits per heavy atom. The number of hydrogen-bond donors (Lipinski definition) is 3. The molecule has 2 aliphatic rings. The average molecular weight is 367 g/mol. The number of carboxylic acids is 1. The van der Waals surface area contributed by atoms with Gasteiger partial charge >= 0.3 is 12.0 Å². The van der Waals surface area contributed by atoms with E-state index in [0.717, 1.165) is 0 Å². The number of likely N-dealkylation sites (tertiary alicyclic amines) is 1. The molecule has 1 aliphatic carbocycles. The Morgan fingerprint density at radius 3 is 2.08 bits per heavy atom. The summed E-state index contributed by atoms with van der Waals surface area (Å²) in [7, 11) is 0. The van der Waals surface area contributed by atoms with Gasteiger partial charge in [-0.3, -0.25) is 4.79 Å². The van der Waals surface area contributed by atoms with Gasteiger partial charge in [0.2, 0.25) is 5.91 Å². The summed E-state index contributed by atoms with van der Waals surface area (Å²) in [5, 5.41) is 15.2. The maximum absolute atomic E-state index is 13.2. The number of carbonyl (C=O) groups excluding carboxylic acids is 2. The van der Waals surface area contributed by atoms with Gasteiger partial charge in [-0.1, -0.05) is 34.6 Å². The molecular weight excluding hydrogens is 334 g/mol. The fourth-order valence-electron chi connectivity index (χ4n) is 4.12. The van der Waals surface area contributed by atoms with Crippen LogP contribution in [0, 0.1) is 22.7 Å². The summed E-state index contributed by atoms with van der Waals surface area (Å²) >= 11 is 0. The number of nitrogens with zero attached hydrogens (tertiary/aromatic N) is 1. The van der Waals surface area contributed by atoms with Crippen molar-refractivity contribution in [1.82, 2.24) is 15.5 Å². The normalized spacial score (nSPS) is 28.2. The molecule has 7 nitrogen and oxygen atoms in total. The molecule has 0 radical (unpaired) electrons. The van der Waals surface area contributed by atoms with Gasteiger partial charge in [-0.2, -0.15) is 0 Å². The van der Waals surface area contributed by atoms with E-state index in [1.54, 1.807) is 0 Å². The highest BCUT2D eigenvalue weighted by molar-refractivity contribution is 5.92. The van der Waals surface area contributed by atoms with Gasteiger partial charge in [-0.05, 0) is 37.5 Å². The van der Waals surface area contributed by atoms with Gasteiger partial charge in [0.25, 0.3) is 0 Å². The molecule has 1 unspecified atom stereocenters. The number of rotatable bonds is 3. The minimum Gasteiger partial charge on any atom is -0.480 e. The van der Waals surface area contributed by atoms with E-state index < -0.39 is 35.0 Å². The minimum absolute atomic E-state index is 0.0204. The molecule has 1 heterocycles. The highest BCUT2D eigenvalue weighted by atomic mass is 16.4. The highest BCUT2D eigenvalue weighted by Crippen LogP contribution is 2.64. The van der Waals surface area contributed by atoms with Crippen molar-refractivity contribution >= 4 is 17.9 Å². The second-order valence-corrected chi connectivity index (χ2v) is 10.4. The number of carboxylic acid groups (broad SMARTS) is 1. The van der Waals surface area contributed by atoms with E-state index >= 15 is 0 Å². The van der Waals surface area contributed by atoms with E-state index in [-0.39, 0.29) is 23.2 Å². The van der Waals surface area contributed by atoms with Gasteiger partial charge in [0.15, 0.2) is 0 Å². The van der Waals surface area contributed by atoms with Crippen molar-refractivity contribution in [3.63, 3.8) is 0 Å². The lowest BCUT2D eigenvalue weighted by Gasteiger charge is -2.37. The largest absolute Gasteiger partial charge is 0.480 e. The molecule has 0 spiro atoms. The zero-order valence-electron chi connectivity index (χ0n) is 17.1. The highest BCUT2D eigenvalue weighted by Gasteiger charge is 2.70. The number of hydrogen-bond acceptors (Lipinski definition) is 3. The summed E-state index contributed by atoms with van der Waals surface area (Å²) in [4.78, 5) is 38.8. The lowest BCUT2D eigenvalue weighted by atomic mass is 9.85. The first-order valence-electron chi connectivity index (χ1n) is 9.19. The Bertz CT molecular complexity index is 615. The van der Waals surface area contributed by atoms with E-state index in [2.05, 4.69) is 24.5 Å². The van der Waals surface area contributed by atoms with Crippen molar-refractivity contribution in [2.45, 2.75) is 73.0 Å². The van der Waals surface area contributed by atoms with Crippen LogP contribution in [0.1, 0.15) is 55.4 Å². The van der Waals surface area contributed by atoms with Crippen LogP contribution in [0.25, 0.3) is 0 Å². The van der Waals surface area contributed by atoms with Gasteiger partial charge in [0.05, 0.1) is 0 Å². The predicted octanol–water partition coefficient (Wildman–Crippen LogP) is 2.07. The van der Waals surface area contributed by atoms with Gasteiger partial charge in [-0.15, -0.1) is 0 Å². The fourth-order valence-corrected chi connectivity index (χ4v) is 4.12. The quantitative estimate of drug-likeness (QED) is 0.711. The third-order valence-corrected chi connectivity index (χ3v) is 5.62. The Kier molecular flexibility index (Phi) is 4.84. The molecule has 3 amide bonds. The molecule has 3 N–H and O–H groups in total. The smallest absolute Gasteiger partial charge is 0.326 e. The number of carbonyl (C=O) groups is 3. The van der Waals surface area contributed by atoms with E-state index in [1.165, 1.54) is 4.90 Å². The molecule has 0 bridgehead atoms. The topological polar surface area (TPSA) is 98.7 Å². The summed E-state index contributed by atoms with van der Waals surface area (Å²) in [6.07, 6.45) is 0. The molecule has 1 saturated heterocycles. The molecule has 0 aromatic rings. The van der Waals surface area contributed by atoms with E-state index in [1.807, 2.05) is 41.5 Å². The number of piperidine rings is 1. The van der Waals surface area contributed by atoms with Crippen LogP contribution in [-0.2, 0) is 9.59 Å². The maximum atomic E-state index is 13.2. The first-order valence-corrected chi connectivity index (χ1v) is 9.19. The molecule has 4 atom stereocenters. The number of amides is 3. The lowest BCUT2D eigenvalue weighted by Crippen LogP contribution is -2.60. The van der Waals surface area contributed by atoms with Crippen LogP contribution in [0.4, 0.5) is 4.79 Å². The molecule has 2 fully saturated rings. The van der Waals surface area contributed by atoms with Crippen molar-refractivity contribution in [2.75, 3.05) is 6.54 Å². The number of fused-ring (bicyclic) bond motifs is 1. The molecule has 26 heavy (non-hydrogen) atoms. The maximum Gasteiger partial charge on any atom is 0.326 e. The van der Waals surface area contributed by atoms with Gasteiger partial charge < -0.3 is 20.6 Å². The second-order valence-electron chi connectivity index (χ2n) is 10.4. The summed E-state index contributed by atoms with van der Waals surface area (Å²) < 4.78 is 0. The van der Waals surface area contributed by atoms with Crippen molar-refractivity contribution in [3.8, 4) is 0 Å². The van der Waals surface area contributed by atoms with Crippen LogP contribution in [0.15, 0.2) is 0 Å². The van der Waals surface area contributed by atoms with Gasteiger partial charge in [-0.25, -0.2) is 9.59 Å². The molecule has 0 aromatic heterocycles. The zero-order chi connectivity index (χ0) is 20.2. The average Bonchev–Trinajstić information content (AvgIpc) is 2.81. The van der Waals surface area contributed by atoms with E-state index in [4.69, 9.17) is 0 Å². The third kappa shape index (κ3) is 3.81. The molecular formula is C19H33N3O4. The van der Waals surface area contributed by atoms with Gasteiger partial charge in [0.1, 0.15) is 12.1 Å². The molecule has 1 aliphatic heterocycles. The molecule has 2 rings (SSSR count). The lowest BCUT2D eigenvalue weighted by molar-refractivity contribution is -0.152. The first-order chi connectivity index (χ1) is 11.6. The molecule has 1 saturated carbocycles. The van der Waals surface area contributed by atoms with Crippen molar-refractivity contribution < 1.29 is 19.5 Å². The summed E-state index contributed by atoms with van der Waals surface area (Å²) in [6, 6.07) is -2.05. The van der Waals surface area contributed by atoms with Crippen LogP contribution in [0.3, 0.4) is 0 Å². The number of nitrogens with one attached hydrogen (secondary N) is 2. The van der Waals surface area contributed by atoms with Gasteiger partial charge in [0, 0.05) is 18.0 Å².